The fraction of sp³-hybridized carbons (Fsp3) is 0.143. The number of hydrogen-bond donors (Lipinski definition) is 1. The molecule has 0 atom stereocenters. The number of carbonyl (C=O) groups excluding carboxylic acids is 1. The minimum atomic E-state index is -0.548. The van der Waals surface area contributed by atoms with Gasteiger partial charge < -0.3 is 10.1 Å². The number of nitrogens with zero attached hydrogens (tertiary/aromatic N) is 4. The van der Waals surface area contributed by atoms with Gasteiger partial charge in [0.1, 0.15) is 17.9 Å². The van der Waals surface area contributed by atoms with Crippen molar-refractivity contribution in [2.75, 3.05) is 13.7 Å². The highest BCUT2D eigenvalue weighted by Crippen LogP contribution is 2.21. The molecule has 0 saturated heterocycles. The number of ether oxygens (including phenoxy) is 1. The molecule has 0 aliphatic heterocycles. The largest absolute Gasteiger partial charge is 0.497 e. The number of benzene rings is 2. The summed E-state index contributed by atoms with van der Waals surface area (Å²) in [5.41, 5.74) is 2.38. The Morgan fingerprint density at radius 2 is 1.97 bits per heavy atom. The first-order chi connectivity index (χ1) is 14.1. The zero-order chi connectivity index (χ0) is 20.2. The normalized spacial score (nSPS) is 10.8. The molecule has 4 rings (SSSR count). The summed E-state index contributed by atoms with van der Waals surface area (Å²) in [7, 11) is 1.62. The predicted octanol–water partition coefficient (Wildman–Crippen LogP) is 2.91. The molecule has 0 saturated carbocycles. The maximum atomic E-state index is 13.6. The lowest BCUT2D eigenvalue weighted by atomic mass is 10.1. The first-order valence-corrected chi connectivity index (χ1v) is 9.02. The van der Waals surface area contributed by atoms with Crippen molar-refractivity contribution in [1.82, 2.24) is 24.9 Å². The van der Waals surface area contributed by atoms with E-state index in [-0.39, 0.29) is 5.56 Å². The molecule has 1 amide bonds. The molecule has 29 heavy (non-hydrogen) atoms. The van der Waals surface area contributed by atoms with Gasteiger partial charge in [-0.3, -0.25) is 4.79 Å². The lowest BCUT2D eigenvalue weighted by Gasteiger charge is -2.04. The zero-order valence-corrected chi connectivity index (χ0v) is 15.7. The van der Waals surface area contributed by atoms with Crippen LogP contribution in [0.25, 0.3) is 16.9 Å². The van der Waals surface area contributed by atoms with Gasteiger partial charge in [0.25, 0.3) is 5.91 Å². The summed E-state index contributed by atoms with van der Waals surface area (Å²) in [5, 5.41) is 7.04. The third kappa shape index (κ3) is 4.06. The molecule has 8 heteroatoms. The van der Waals surface area contributed by atoms with E-state index in [1.54, 1.807) is 30.1 Å². The lowest BCUT2D eigenvalue weighted by molar-refractivity contribution is 0.0950. The Bertz CT molecular complexity index is 1160. The van der Waals surface area contributed by atoms with Crippen molar-refractivity contribution in [2.45, 2.75) is 6.42 Å². The molecule has 4 aromatic rings. The molecule has 0 radical (unpaired) electrons. The van der Waals surface area contributed by atoms with Crippen molar-refractivity contribution in [2.24, 2.45) is 0 Å². The molecule has 7 nitrogen and oxygen atoms in total. The molecule has 0 aliphatic carbocycles. The van der Waals surface area contributed by atoms with Gasteiger partial charge in [0, 0.05) is 24.6 Å². The number of halogens is 1. The van der Waals surface area contributed by atoms with Gasteiger partial charge in [-0.1, -0.05) is 12.1 Å². The van der Waals surface area contributed by atoms with Gasteiger partial charge in [0.15, 0.2) is 11.5 Å². The fourth-order valence-corrected chi connectivity index (χ4v) is 2.90. The van der Waals surface area contributed by atoms with E-state index in [4.69, 9.17) is 4.74 Å². The number of amides is 1. The third-order valence-corrected chi connectivity index (χ3v) is 4.41. The monoisotopic (exact) mass is 391 g/mol. The van der Waals surface area contributed by atoms with E-state index in [9.17, 15) is 9.18 Å². The van der Waals surface area contributed by atoms with Gasteiger partial charge in [0.2, 0.25) is 0 Å². The first kappa shape index (κ1) is 18.5. The van der Waals surface area contributed by atoms with Crippen LogP contribution in [0.4, 0.5) is 4.39 Å². The maximum Gasteiger partial charge on any atom is 0.254 e. The van der Waals surface area contributed by atoms with E-state index in [0.29, 0.717) is 24.4 Å². The summed E-state index contributed by atoms with van der Waals surface area (Å²) >= 11 is 0. The number of carbonyl (C=O) groups is 1. The minimum Gasteiger partial charge on any atom is -0.497 e. The highest BCUT2D eigenvalue weighted by Gasteiger charge is 2.11. The Morgan fingerprint density at radius 1 is 1.17 bits per heavy atom. The van der Waals surface area contributed by atoms with E-state index in [1.807, 2.05) is 30.3 Å². The van der Waals surface area contributed by atoms with Gasteiger partial charge >= 0.3 is 0 Å². The molecule has 0 unspecified atom stereocenters. The van der Waals surface area contributed by atoms with Gasteiger partial charge in [-0.15, -0.1) is 5.10 Å². The molecular weight excluding hydrogens is 373 g/mol. The summed E-state index contributed by atoms with van der Waals surface area (Å²) in [4.78, 5) is 21.0. The number of nitrogens with one attached hydrogen (secondary N) is 1. The Balaban J connectivity index is 1.43. The molecule has 1 N–H and O–H groups in total. The molecule has 0 fully saturated rings. The molecule has 2 heterocycles. The smallest absolute Gasteiger partial charge is 0.254 e. The summed E-state index contributed by atoms with van der Waals surface area (Å²) in [6.07, 6.45) is 2.02. The van der Waals surface area contributed by atoms with Crippen LogP contribution in [0.2, 0.25) is 0 Å². The number of methoxy groups -OCH3 is 1. The van der Waals surface area contributed by atoms with Crippen molar-refractivity contribution in [3.05, 3.63) is 78.1 Å². The quantitative estimate of drug-likeness (QED) is 0.547. The summed E-state index contributed by atoms with van der Waals surface area (Å²) in [6.45, 7) is 0.294. The molecule has 0 spiro atoms. The summed E-state index contributed by atoms with van der Waals surface area (Å²) < 4.78 is 20.4. The lowest BCUT2D eigenvalue weighted by Crippen LogP contribution is -2.26. The molecule has 2 aromatic carbocycles. The van der Waals surface area contributed by atoms with Crippen molar-refractivity contribution in [3.63, 3.8) is 0 Å². The van der Waals surface area contributed by atoms with Crippen molar-refractivity contribution in [1.29, 1.82) is 0 Å². The van der Waals surface area contributed by atoms with Gasteiger partial charge in [0.05, 0.1) is 18.4 Å². The van der Waals surface area contributed by atoms with Crippen LogP contribution in [0.3, 0.4) is 0 Å². The van der Waals surface area contributed by atoms with Crippen LogP contribution in [0.1, 0.15) is 16.2 Å². The van der Waals surface area contributed by atoms with Crippen LogP contribution in [0.15, 0.2) is 60.9 Å². The van der Waals surface area contributed by atoms with Crippen molar-refractivity contribution in [3.8, 4) is 17.0 Å². The zero-order valence-electron chi connectivity index (χ0n) is 15.7. The number of hydrogen-bond acceptors (Lipinski definition) is 5. The number of aromatic nitrogens is 4. The van der Waals surface area contributed by atoms with Crippen LogP contribution < -0.4 is 10.1 Å². The van der Waals surface area contributed by atoms with Gasteiger partial charge in [-0.25, -0.2) is 18.9 Å². The van der Waals surface area contributed by atoms with E-state index < -0.39 is 11.7 Å². The Hall–Kier alpha value is -3.81. The van der Waals surface area contributed by atoms with E-state index in [2.05, 4.69) is 20.4 Å². The highest BCUT2D eigenvalue weighted by atomic mass is 19.1. The van der Waals surface area contributed by atoms with E-state index in [0.717, 1.165) is 17.0 Å². The van der Waals surface area contributed by atoms with Crippen LogP contribution in [-0.4, -0.2) is 39.1 Å². The standard InChI is InChI=1S/C21H18FN5O2/c1-29-15-8-6-14(7-9-15)18-12-20-25-19(26-27(20)13-24-18)10-11-23-21(28)16-4-2-3-5-17(16)22/h2-9,12-13H,10-11H2,1H3,(H,23,28). The van der Waals surface area contributed by atoms with Crippen molar-refractivity contribution < 1.29 is 13.9 Å². The molecule has 146 valence electrons. The summed E-state index contributed by atoms with van der Waals surface area (Å²) in [6, 6.07) is 15.3. The van der Waals surface area contributed by atoms with Gasteiger partial charge in [-0.2, -0.15) is 0 Å². The third-order valence-electron chi connectivity index (χ3n) is 4.41. The molecule has 2 aromatic heterocycles. The summed E-state index contributed by atoms with van der Waals surface area (Å²) in [5.74, 6) is 0.327. The van der Waals surface area contributed by atoms with Crippen LogP contribution >= 0.6 is 0 Å². The predicted molar refractivity (Wildman–Crippen MR) is 105 cm³/mol. The Kier molecular flexibility index (Phi) is 5.15. The highest BCUT2D eigenvalue weighted by molar-refractivity contribution is 5.94. The number of rotatable bonds is 6. The van der Waals surface area contributed by atoms with Crippen LogP contribution in [0.5, 0.6) is 5.75 Å². The van der Waals surface area contributed by atoms with Crippen molar-refractivity contribution >= 4 is 11.6 Å². The second-order valence-electron chi connectivity index (χ2n) is 6.32. The maximum absolute atomic E-state index is 13.6. The van der Waals surface area contributed by atoms with Gasteiger partial charge in [-0.05, 0) is 36.4 Å². The first-order valence-electron chi connectivity index (χ1n) is 9.02. The fourth-order valence-electron chi connectivity index (χ4n) is 2.90. The Labute approximate surface area is 166 Å². The average molecular weight is 391 g/mol. The Morgan fingerprint density at radius 3 is 2.72 bits per heavy atom. The van der Waals surface area contributed by atoms with E-state index >= 15 is 0 Å². The van der Waals surface area contributed by atoms with E-state index in [1.165, 1.54) is 12.1 Å². The minimum absolute atomic E-state index is 0.0174. The molecular formula is C21H18FN5O2. The molecule has 0 aliphatic rings. The average Bonchev–Trinajstić information content (AvgIpc) is 3.16. The number of fused-ring (bicyclic) bond motifs is 1. The molecule has 0 bridgehead atoms. The van der Waals surface area contributed by atoms with Crippen LogP contribution in [0, 0.1) is 5.82 Å². The van der Waals surface area contributed by atoms with Crippen LogP contribution in [-0.2, 0) is 6.42 Å². The second-order valence-corrected chi connectivity index (χ2v) is 6.32. The second kappa shape index (κ2) is 8.05. The SMILES string of the molecule is COc1ccc(-c2cc3nc(CCNC(=O)c4ccccc4F)nn3cn2)cc1. The topological polar surface area (TPSA) is 81.4 Å².